The zero-order chi connectivity index (χ0) is 21.0. The minimum Gasteiger partial charge on any atom is -0.408 e. The van der Waals surface area contributed by atoms with Gasteiger partial charge in [-0.05, 0) is 35.9 Å². The van der Waals surface area contributed by atoms with Gasteiger partial charge >= 0.3 is 5.76 Å². The molecule has 1 aromatic heterocycles. The molecule has 0 unspecified atom stereocenters. The molecule has 0 aliphatic carbocycles. The van der Waals surface area contributed by atoms with Gasteiger partial charge in [-0.1, -0.05) is 30.3 Å². The van der Waals surface area contributed by atoms with Crippen molar-refractivity contribution in [3.63, 3.8) is 0 Å². The highest BCUT2D eigenvalue weighted by molar-refractivity contribution is 5.81. The molecule has 2 atom stereocenters. The van der Waals surface area contributed by atoms with E-state index in [-0.39, 0.29) is 6.54 Å². The van der Waals surface area contributed by atoms with E-state index in [4.69, 9.17) is 4.42 Å². The number of benzene rings is 2. The van der Waals surface area contributed by atoms with E-state index in [1.807, 2.05) is 42.5 Å². The van der Waals surface area contributed by atoms with Crippen molar-refractivity contribution in [2.24, 2.45) is 7.05 Å². The minimum absolute atomic E-state index is 0.116. The summed E-state index contributed by atoms with van der Waals surface area (Å²) < 4.78 is 6.60. The predicted octanol–water partition coefficient (Wildman–Crippen LogP) is 0.930. The number of aliphatic hydroxyl groups is 1. The fraction of sp³-hybridized carbons (Fsp3) is 0.286. The number of rotatable bonds is 7. The van der Waals surface area contributed by atoms with Gasteiger partial charge in [0.15, 0.2) is 5.58 Å². The second kappa shape index (κ2) is 8.73. The van der Waals surface area contributed by atoms with Gasteiger partial charge in [-0.3, -0.25) is 9.36 Å². The van der Waals surface area contributed by atoms with Crippen LogP contribution in [0.1, 0.15) is 5.56 Å². The molecule has 1 heterocycles. The summed E-state index contributed by atoms with van der Waals surface area (Å²) >= 11 is 0. The zero-order valence-electron chi connectivity index (χ0n) is 16.2. The maximum absolute atomic E-state index is 11.9. The molecule has 0 aliphatic heterocycles. The Morgan fingerprint density at radius 3 is 2.59 bits per heavy atom. The highest BCUT2D eigenvalue weighted by Gasteiger charge is 2.18. The van der Waals surface area contributed by atoms with E-state index < -0.39 is 23.8 Å². The van der Waals surface area contributed by atoms with Gasteiger partial charge in [0.2, 0.25) is 0 Å². The van der Waals surface area contributed by atoms with E-state index in [0.29, 0.717) is 17.5 Å². The molecule has 3 rings (SSSR count). The van der Waals surface area contributed by atoms with Crippen molar-refractivity contribution >= 4 is 17.0 Å². The van der Waals surface area contributed by atoms with Crippen LogP contribution in [0, 0.1) is 11.3 Å². The largest absolute Gasteiger partial charge is 0.419 e. The second-order valence-corrected chi connectivity index (χ2v) is 6.77. The summed E-state index contributed by atoms with van der Waals surface area (Å²) in [6.07, 6.45) is -0.878. The van der Waals surface area contributed by atoms with Gasteiger partial charge in [-0.15, -0.1) is 0 Å². The highest BCUT2D eigenvalue weighted by Crippen LogP contribution is 2.24. The fourth-order valence-corrected chi connectivity index (χ4v) is 3.06. The molecule has 0 fully saturated rings. The molecular weight excluding hydrogens is 372 g/mol. The molecule has 0 bridgehead atoms. The lowest BCUT2D eigenvalue weighted by atomic mass is 10.0. The number of nitrogens with one attached hydrogen (secondary N) is 2. The molecule has 2 aromatic carbocycles. The number of nitrogens with zero attached hydrogens (tertiary/aromatic N) is 2. The van der Waals surface area contributed by atoms with Crippen molar-refractivity contribution in [1.29, 1.82) is 5.26 Å². The van der Waals surface area contributed by atoms with E-state index in [0.717, 1.165) is 16.7 Å². The summed E-state index contributed by atoms with van der Waals surface area (Å²) in [6, 6.07) is 14.4. The topological polar surface area (TPSA) is 120 Å². The van der Waals surface area contributed by atoms with Crippen molar-refractivity contribution < 1.29 is 14.3 Å². The number of nitriles is 1. The van der Waals surface area contributed by atoms with Crippen molar-refractivity contribution in [1.82, 2.24) is 15.2 Å². The van der Waals surface area contributed by atoms with E-state index in [1.165, 1.54) is 4.57 Å². The molecule has 0 saturated heterocycles. The number of aryl methyl sites for hydroxylation is 1. The quantitative estimate of drug-likeness (QED) is 0.548. The highest BCUT2D eigenvalue weighted by atomic mass is 16.4. The Morgan fingerprint density at radius 1 is 1.24 bits per heavy atom. The first-order chi connectivity index (χ1) is 13.9. The summed E-state index contributed by atoms with van der Waals surface area (Å²) in [5.74, 6) is -0.988. The summed E-state index contributed by atoms with van der Waals surface area (Å²) in [7, 11) is 3.29. The molecule has 8 nitrogen and oxygen atoms in total. The number of oxazole rings is 1. The number of amides is 1. The first kappa shape index (κ1) is 20.3. The lowest BCUT2D eigenvalue weighted by Gasteiger charge is -2.15. The van der Waals surface area contributed by atoms with Crippen LogP contribution < -0.4 is 16.4 Å². The lowest BCUT2D eigenvalue weighted by molar-refractivity contribution is -0.129. The fourth-order valence-electron chi connectivity index (χ4n) is 3.06. The third-order valence-corrected chi connectivity index (χ3v) is 4.69. The molecule has 3 aromatic rings. The Hall–Kier alpha value is -3.41. The number of fused-ring (bicyclic) bond motifs is 1. The number of aliphatic hydroxyl groups excluding tert-OH is 1. The Kier molecular flexibility index (Phi) is 6.12. The number of carbonyl (C=O) groups excluding carboxylic acids is 1. The number of hydrogen-bond acceptors (Lipinski definition) is 6. The van der Waals surface area contributed by atoms with Gasteiger partial charge in [0.25, 0.3) is 5.91 Å². The zero-order valence-corrected chi connectivity index (χ0v) is 16.2. The monoisotopic (exact) mass is 394 g/mol. The van der Waals surface area contributed by atoms with E-state index in [2.05, 4.69) is 10.6 Å². The molecule has 29 heavy (non-hydrogen) atoms. The Balaban J connectivity index is 1.73. The smallest absolute Gasteiger partial charge is 0.408 e. The van der Waals surface area contributed by atoms with Crippen LogP contribution in [0.3, 0.4) is 0 Å². The average molecular weight is 394 g/mol. The summed E-state index contributed by atoms with van der Waals surface area (Å²) in [6.45, 7) is 0.116. The van der Waals surface area contributed by atoms with Gasteiger partial charge in [0.05, 0.1) is 11.6 Å². The van der Waals surface area contributed by atoms with Crippen LogP contribution in [0.25, 0.3) is 22.2 Å². The Morgan fingerprint density at radius 2 is 1.93 bits per heavy atom. The maximum atomic E-state index is 11.9. The number of likely N-dealkylation sites (N-methyl/N-ethyl adjacent to an activating group) is 1. The Bertz CT molecular complexity index is 1110. The van der Waals surface area contributed by atoms with Crippen LogP contribution >= 0.6 is 0 Å². The molecule has 1 amide bonds. The minimum atomic E-state index is -1.20. The third kappa shape index (κ3) is 4.54. The van der Waals surface area contributed by atoms with Crippen molar-refractivity contribution in [3.8, 4) is 17.2 Å². The molecule has 0 radical (unpaired) electrons. The number of hydrogen-bond donors (Lipinski definition) is 3. The summed E-state index contributed by atoms with van der Waals surface area (Å²) in [5.41, 5.74) is 4.00. The van der Waals surface area contributed by atoms with Gasteiger partial charge in [-0.2, -0.15) is 5.26 Å². The van der Waals surface area contributed by atoms with Crippen LogP contribution in [-0.4, -0.2) is 41.3 Å². The van der Waals surface area contributed by atoms with Gasteiger partial charge in [0, 0.05) is 20.0 Å². The van der Waals surface area contributed by atoms with E-state index >= 15 is 0 Å². The van der Waals surface area contributed by atoms with Crippen LogP contribution in [-0.2, 0) is 18.3 Å². The van der Waals surface area contributed by atoms with Crippen molar-refractivity contribution in [2.45, 2.75) is 18.6 Å². The third-order valence-electron chi connectivity index (χ3n) is 4.69. The SMILES string of the molecule is CNC[C@H](O)C(=O)N[C@H](C#N)Cc1ccc(-c2ccc3oc(=O)n(C)c3c2)cc1. The Labute approximate surface area is 167 Å². The van der Waals surface area contributed by atoms with Gasteiger partial charge in [0.1, 0.15) is 12.1 Å². The average Bonchev–Trinajstić information content (AvgIpc) is 3.01. The first-order valence-corrected chi connectivity index (χ1v) is 9.14. The molecule has 8 heteroatoms. The summed E-state index contributed by atoms with van der Waals surface area (Å²) in [4.78, 5) is 23.5. The van der Waals surface area contributed by atoms with Gasteiger partial charge in [-0.25, -0.2) is 4.79 Å². The standard InChI is InChI=1S/C21H22N4O4/c1-23-12-18(26)20(27)24-16(11-22)9-13-3-5-14(6-4-13)15-7-8-19-17(10-15)25(2)21(28)29-19/h3-8,10,16,18,23,26H,9,12H2,1-2H3,(H,24,27)/t16-,18-/m0/s1. The maximum Gasteiger partial charge on any atom is 0.419 e. The predicted molar refractivity (Wildman–Crippen MR) is 108 cm³/mol. The van der Waals surface area contributed by atoms with Gasteiger partial charge < -0.3 is 20.2 Å². The van der Waals surface area contributed by atoms with E-state index in [9.17, 15) is 20.0 Å². The van der Waals surface area contributed by atoms with Crippen LogP contribution in [0.2, 0.25) is 0 Å². The molecule has 3 N–H and O–H groups in total. The first-order valence-electron chi connectivity index (χ1n) is 9.14. The molecule has 150 valence electrons. The molecule has 0 aliphatic rings. The van der Waals surface area contributed by atoms with Crippen LogP contribution in [0.15, 0.2) is 51.7 Å². The summed E-state index contributed by atoms with van der Waals surface area (Å²) in [5, 5.41) is 24.2. The molecule has 0 spiro atoms. The van der Waals surface area contributed by atoms with Crippen molar-refractivity contribution in [2.75, 3.05) is 13.6 Å². The van der Waals surface area contributed by atoms with Crippen molar-refractivity contribution in [3.05, 3.63) is 58.6 Å². The van der Waals surface area contributed by atoms with E-state index in [1.54, 1.807) is 20.2 Å². The number of carbonyl (C=O) groups is 1. The van der Waals surface area contributed by atoms with Crippen LogP contribution in [0.5, 0.6) is 0 Å². The molecular formula is C21H22N4O4. The second-order valence-electron chi connectivity index (χ2n) is 6.77. The normalized spacial score (nSPS) is 13.0. The van der Waals surface area contributed by atoms with Crippen LogP contribution in [0.4, 0.5) is 0 Å². The number of aromatic nitrogens is 1. The molecule has 0 saturated carbocycles. The lowest BCUT2D eigenvalue weighted by Crippen LogP contribution is -2.45.